The fourth-order valence-corrected chi connectivity index (χ4v) is 2.55. The minimum absolute atomic E-state index is 0.0903. The van der Waals surface area contributed by atoms with E-state index < -0.39 is 48.9 Å². The van der Waals surface area contributed by atoms with Crippen molar-refractivity contribution >= 4 is 23.8 Å². The Morgan fingerprint density at radius 3 is 2.37 bits per heavy atom. The van der Waals surface area contributed by atoms with Crippen molar-refractivity contribution in [2.45, 2.75) is 57.8 Å². The summed E-state index contributed by atoms with van der Waals surface area (Å²) in [5, 5.41) is 1.54. The average Bonchev–Trinajstić information content (AvgIpc) is 2.57. The van der Waals surface area contributed by atoms with E-state index in [1.54, 1.807) is 5.32 Å². The van der Waals surface area contributed by atoms with Gasteiger partial charge in [0.2, 0.25) is 6.79 Å². The van der Waals surface area contributed by atoms with E-state index >= 15 is 0 Å². The molecular weight excluding hydrogens is 373 g/mol. The number of Topliss-reactive ketones (excluding diaryl/α,β-unsaturated/α-hetero) is 1. The standard InChI is InChI=1S/C16H23F3N2O6/c1-9(2)12(20-14(24)16(17,18)19)13(23)26-8-27-15(25)21(3)10-6-4-5-7-11(10)22/h9-10,12H,4-8H2,1-3H3,(H,20,24)/t10-,12?/m1/s1. The van der Waals surface area contributed by atoms with Crippen molar-refractivity contribution in [2.75, 3.05) is 13.8 Å². The van der Waals surface area contributed by atoms with Crippen LogP contribution < -0.4 is 5.32 Å². The SMILES string of the molecule is CC(C)C(NC(=O)C(F)(F)F)C(=O)OCOC(=O)N(C)[C@@H]1CCCCC1=O. The summed E-state index contributed by atoms with van der Waals surface area (Å²) in [6.07, 6.45) is -3.62. The highest BCUT2D eigenvalue weighted by Crippen LogP contribution is 2.19. The van der Waals surface area contributed by atoms with E-state index in [1.165, 1.54) is 20.9 Å². The highest BCUT2D eigenvalue weighted by Gasteiger charge is 2.41. The lowest BCUT2D eigenvalue weighted by atomic mass is 9.93. The van der Waals surface area contributed by atoms with Crippen LogP contribution in [0, 0.1) is 5.92 Å². The van der Waals surface area contributed by atoms with Gasteiger partial charge in [0, 0.05) is 13.5 Å². The molecule has 1 N–H and O–H groups in total. The molecule has 1 saturated carbocycles. The number of nitrogens with zero attached hydrogens (tertiary/aromatic N) is 1. The number of halogens is 3. The van der Waals surface area contributed by atoms with Gasteiger partial charge < -0.3 is 19.7 Å². The van der Waals surface area contributed by atoms with E-state index in [1.807, 2.05) is 0 Å². The molecule has 0 aromatic rings. The second-order valence-corrected chi connectivity index (χ2v) is 6.52. The first-order valence-corrected chi connectivity index (χ1v) is 8.41. The van der Waals surface area contributed by atoms with Crippen LogP contribution in [0.1, 0.15) is 39.5 Å². The summed E-state index contributed by atoms with van der Waals surface area (Å²) in [5.74, 6) is -4.23. The summed E-state index contributed by atoms with van der Waals surface area (Å²) in [5.41, 5.74) is 0. The molecule has 1 aliphatic rings. The largest absolute Gasteiger partial charge is 0.471 e. The molecule has 11 heteroatoms. The Morgan fingerprint density at radius 1 is 1.22 bits per heavy atom. The van der Waals surface area contributed by atoms with Gasteiger partial charge in [-0.3, -0.25) is 9.59 Å². The molecule has 0 aromatic carbocycles. The summed E-state index contributed by atoms with van der Waals surface area (Å²) >= 11 is 0. The number of hydrogen-bond donors (Lipinski definition) is 1. The lowest BCUT2D eigenvalue weighted by molar-refractivity contribution is -0.177. The number of carbonyl (C=O) groups excluding carboxylic acids is 4. The quantitative estimate of drug-likeness (QED) is 0.542. The molecule has 154 valence electrons. The number of likely N-dealkylation sites (N-methyl/N-ethyl adjacent to an activating group) is 1. The minimum atomic E-state index is -5.14. The first kappa shape index (κ1) is 22.7. The first-order valence-electron chi connectivity index (χ1n) is 8.41. The highest BCUT2D eigenvalue weighted by atomic mass is 19.4. The monoisotopic (exact) mass is 396 g/mol. The molecule has 0 aliphatic heterocycles. The van der Waals surface area contributed by atoms with Crippen molar-refractivity contribution in [3.8, 4) is 0 Å². The summed E-state index contributed by atoms with van der Waals surface area (Å²) in [6, 6.07) is -2.17. The van der Waals surface area contributed by atoms with Crippen LogP contribution in [0.5, 0.6) is 0 Å². The van der Waals surface area contributed by atoms with Crippen molar-refractivity contribution in [2.24, 2.45) is 5.92 Å². The molecule has 2 amide bonds. The zero-order valence-electron chi connectivity index (χ0n) is 15.3. The Balaban J connectivity index is 2.52. The summed E-state index contributed by atoms with van der Waals surface area (Å²) < 4.78 is 46.3. The smallest absolute Gasteiger partial charge is 0.426 e. The molecule has 0 bridgehead atoms. The molecule has 0 aromatic heterocycles. The number of esters is 1. The van der Waals surface area contributed by atoms with Gasteiger partial charge in [-0.05, 0) is 18.8 Å². The topological polar surface area (TPSA) is 102 Å². The van der Waals surface area contributed by atoms with Crippen molar-refractivity contribution < 1.29 is 41.8 Å². The maximum absolute atomic E-state index is 12.3. The molecule has 0 spiro atoms. The second kappa shape index (κ2) is 9.56. The fraction of sp³-hybridized carbons (Fsp3) is 0.750. The Labute approximate surface area is 154 Å². The molecule has 1 aliphatic carbocycles. The molecule has 1 rings (SSSR count). The minimum Gasteiger partial charge on any atom is -0.426 e. The molecular formula is C16H23F3N2O6. The Morgan fingerprint density at radius 2 is 1.85 bits per heavy atom. The summed E-state index contributed by atoms with van der Waals surface area (Å²) in [4.78, 5) is 47.7. The van der Waals surface area contributed by atoms with E-state index in [4.69, 9.17) is 4.74 Å². The zero-order chi connectivity index (χ0) is 20.8. The molecule has 0 saturated heterocycles. The molecule has 1 unspecified atom stereocenters. The van der Waals surface area contributed by atoms with Crippen LogP contribution >= 0.6 is 0 Å². The molecule has 8 nitrogen and oxygen atoms in total. The third-order valence-electron chi connectivity index (χ3n) is 4.13. The maximum atomic E-state index is 12.3. The van der Waals surface area contributed by atoms with Gasteiger partial charge in [0.25, 0.3) is 0 Å². The van der Waals surface area contributed by atoms with E-state index in [-0.39, 0.29) is 5.78 Å². The van der Waals surface area contributed by atoms with Gasteiger partial charge in [0.05, 0.1) is 6.04 Å². The van der Waals surface area contributed by atoms with E-state index in [0.717, 1.165) is 17.7 Å². The van der Waals surface area contributed by atoms with Crippen LogP contribution in [0.15, 0.2) is 0 Å². The van der Waals surface area contributed by atoms with Gasteiger partial charge in [-0.25, -0.2) is 9.59 Å². The average molecular weight is 396 g/mol. The van der Waals surface area contributed by atoms with Gasteiger partial charge in [-0.1, -0.05) is 20.3 Å². The van der Waals surface area contributed by atoms with Crippen molar-refractivity contribution in [3.63, 3.8) is 0 Å². The Hall–Kier alpha value is -2.33. The second-order valence-electron chi connectivity index (χ2n) is 6.52. The lowest BCUT2D eigenvalue weighted by Gasteiger charge is -2.29. The van der Waals surface area contributed by atoms with Crippen LogP contribution in [-0.2, 0) is 23.9 Å². The summed E-state index contributed by atoms with van der Waals surface area (Å²) in [6.45, 7) is 1.97. The number of rotatable bonds is 6. The number of hydrogen-bond acceptors (Lipinski definition) is 6. The number of ether oxygens (including phenoxy) is 2. The van der Waals surface area contributed by atoms with Gasteiger partial charge >= 0.3 is 24.1 Å². The van der Waals surface area contributed by atoms with Crippen molar-refractivity contribution in [1.29, 1.82) is 0 Å². The third kappa shape index (κ3) is 6.72. The Kier molecular flexibility index (Phi) is 8.04. The fourth-order valence-electron chi connectivity index (χ4n) is 2.55. The van der Waals surface area contributed by atoms with Crippen molar-refractivity contribution in [3.05, 3.63) is 0 Å². The lowest BCUT2D eigenvalue weighted by Crippen LogP contribution is -2.50. The molecule has 1 fully saturated rings. The van der Waals surface area contributed by atoms with Crippen LogP contribution in [0.25, 0.3) is 0 Å². The predicted molar refractivity (Wildman–Crippen MR) is 85.3 cm³/mol. The maximum Gasteiger partial charge on any atom is 0.471 e. The number of nitrogens with one attached hydrogen (secondary N) is 1. The molecule has 2 atom stereocenters. The van der Waals surface area contributed by atoms with Gasteiger partial charge in [0.1, 0.15) is 6.04 Å². The number of alkyl halides is 3. The molecule has 0 heterocycles. The van der Waals surface area contributed by atoms with Gasteiger partial charge in [0.15, 0.2) is 5.78 Å². The van der Waals surface area contributed by atoms with Crippen LogP contribution in [-0.4, -0.2) is 60.8 Å². The predicted octanol–water partition coefficient (Wildman–Crippen LogP) is 1.77. The van der Waals surface area contributed by atoms with E-state index in [9.17, 15) is 32.3 Å². The first-order chi connectivity index (χ1) is 12.4. The molecule has 0 radical (unpaired) electrons. The third-order valence-corrected chi connectivity index (χ3v) is 4.13. The van der Waals surface area contributed by atoms with Crippen molar-refractivity contribution in [1.82, 2.24) is 10.2 Å². The number of carbonyl (C=O) groups is 4. The molecule has 27 heavy (non-hydrogen) atoms. The summed E-state index contributed by atoms with van der Waals surface area (Å²) in [7, 11) is 1.37. The van der Waals surface area contributed by atoms with Crippen LogP contribution in [0.2, 0.25) is 0 Å². The van der Waals surface area contributed by atoms with Gasteiger partial charge in [-0.2, -0.15) is 13.2 Å². The Bertz CT molecular complexity index is 579. The van der Waals surface area contributed by atoms with Gasteiger partial charge in [-0.15, -0.1) is 0 Å². The van der Waals surface area contributed by atoms with Crippen LogP contribution in [0.4, 0.5) is 18.0 Å². The van der Waals surface area contributed by atoms with Crippen LogP contribution in [0.3, 0.4) is 0 Å². The normalized spacial score (nSPS) is 18.6. The number of ketones is 1. The van der Waals surface area contributed by atoms with E-state index in [0.29, 0.717) is 12.8 Å². The highest BCUT2D eigenvalue weighted by molar-refractivity contribution is 5.88. The van der Waals surface area contributed by atoms with E-state index in [2.05, 4.69) is 4.74 Å². The number of amides is 2. The zero-order valence-corrected chi connectivity index (χ0v) is 15.3.